The van der Waals surface area contributed by atoms with E-state index >= 15 is 0 Å². The van der Waals surface area contributed by atoms with Crippen molar-refractivity contribution in [2.75, 3.05) is 26.3 Å². The van der Waals surface area contributed by atoms with Gasteiger partial charge in [0, 0.05) is 24.5 Å². The van der Waals surface area contributed by atoms with Crippen LogP contribution in [0.2, 0.25) is 0 Å². The van der Waals surface area contributed by atoms with Crippen LogP contribution in [0.15, 0.2) is 0 Å². The number of ether oxygens (including phenoxy) is 1. The van der Waals surface area contributed by atoms with Crippen LogP contribution < -0.4 is 11.1 Å². The molecule has 0 bridgehead atoms. The van der Waals surface area contributed by atoms with Gasteiger partial charge in [-0.2, -0.15) is 0 Å². The highest BCUT2D eigenvalue weighted by Crippen LogP contribution is 2.26. The molecule has 0 aromatic rings. The molecule has 0 atom stereocenters. The third-order valence-electron chi connectivity index (χ3n) is 3.37. The van der Waals surface area contributed by atoms with Gasteiger partial charge >= 0.3 is 0 Å². The van der Waals surface area contributed by atoms with Crippen LogP contribution in [0.4, 0.5) is 0 Å². The fourth-order valence-electron chi connectivity index (χ4n) is 2.17. The Morgan fingerprint density at radius 1 is 1.31 bits per heavy atom. The maximum atomic E-state index is 5.73. The number of hydrogen-bond acceptors (Lipinski definition) is 3. The molecule has 0 aromatic heterocycles. The highest BCUT2D eigenvalue weighted by molar-refractivity contribution is 4.90. The van der Waals surface area contributed by atoms with Crippen molar-refractivity contribution in [1.29, 1.82) is 0 Å². The molecule has 0 amide bonds. The number of nitrogens with one attached hydrogen (secondary N) is 1. The molecule has 2 fully saturated rings. The van der Waals surface area contributed by atoms with Crippen molar-refractivity contribution in [3.05, 3.63) is 0 Å². The summed E-state index contributed by atoms with van der Waals surface area (Å²) in [5, 5.41) is 3.62. The first-order valence-electron chi connectivity index (χ1n) is 5.36. The predicted octanol–water partition coefficient (Wildman–Crippen LogP) is 0.494. The third kappa shape index (κ3) is 2.03. The first-order valence-corrected chi connectivity index (χ1v) is 5.36. The average molecular weight is 184 g/mol. The van der Waals surface area contributed by atoms with E-state index in [1.54, 1.807) is 0 Å². The molecule has 1 heterocycles. The average Bonchev–Trinajstić information content (AvgIpc) is 2.56. The molecule has 1 saturated heterocycles. The molecule has 0 spiro atoms. The van der Waals surface area contributed by atoms with Gasteiger partial charge in [-0.05, 0) is 12.8 Å². The Labute approximate surface area is 80.0 Å². The molecule has 0 unspecified atom stereocenters. The summed E-state index contributed by atoms with van der Waals surface area (Å²) in [5.74, 6) is 0. The van der Waals surface area contributed by atoms with Crippen molar-refractivity contribution >= 4 is 0 Å². The summed E-state index contributed by atoms with van der Waals surface area (Å²) < 4.78 is 5.22. The van der Waals surface area contributed by atoms with Gasteiger partial charge in [-0.3, -0.25) is 0 Å². The Hall–Kier alpha value is -0.120. The van der Waals surface area contributed by atoms with E-state index in [-0.39, 0.29) is 5.41 Å². The van der Waals surface area contributed by atoms with Crippen LogP contribution in [-0.4, -0.2) is 32.3 Å². The van der Waals surface area contributed by atoms with E-state index in [1.165, 1.54) is 25.7 Å². The fourth-order valence-corrected chi connectivity index (χ4v) is 2.17. The molecular formula is C10H20N2O. The zero-order valence-electron chi connectivity index (χ0n) is 8.22. The highest BCUT2D eigenvalue weighted by Gasteiger charge is 2.37. The predicted molar refractivity (Wildman–Crippen MR) is 52.6 cm³/mol. The monoisotopic (exact) mass is 184 g/mol. The van der Waals surface area contributed by atoms with E-state index in [2.05, 4.69) is 5.32 Å². The maximum Gasteiger partial charge on any atom is 0.0569 e. The lowest BCUT2D eigenvalue weighted by Gasteiger charge is -2.41. The Bertz CT molecular complexity index is 157. The third-order valence-corrected chi connectivity index (χ3v) is 3.37. The summed E-state index contributed by atoms with van der Waals surface area (Å²) in [5.41, 5.74) is 6.00. The molecule has 0 aromatic carbocycles. The molecule has 3 N–H and O–H groups in total. The molecule has 13 heavy (non-hydrogen) atoms. The molecular weight excluding hydrogens is 164 g/mol. The standard InChI is InChI=1S/C10H20N2O/c11-5-10(7-13-8-10)6-12-9-3-1-2-4-9/h9,12H,1-8,11H2. The molecule has 3 nitrogen and oxygen atoms in total. The summed E-state index contributed by atoms with van der Waals surface area (Å²) in [7, 11) is 0. The fraction of sp³-hybridized carbons (Fsp3) is 1.00. The van der Waals surface area contributed by atoms with E-state index in [0.717, 1.165) is 32.3 Å². The Kier molecular flexibility index (Phi) is 2.86. The zero-order chi connectivity index (χ0) is 9.15. The van der Waals surface area contributed by atoms with Gasteiger partial charge in [0.1, 0.15) is 0 Å². The van der Waals surface area contributed by atoms with E-state index < -0.39 is 0 Å². The lowest BCUT2D eigenvalue weighted by atomic mass is 9.86. The highest BCUT2D eigenvalue weighted by atomic mass is 16.5. The number of rotatable bonds is 4. The van der Waals surface area contributed by atoms with Crippen molar-refractivity contribution in [2.24, 2.45) is 11.1 Å². The quantitative estimate of drug-likeness (QED) is 0.668. The van der Waals surface area contributed by atoms with Crippen LogP contribution in [0.5, 0.6) is 0 Å². The molecule has 76 valence electrons. The maximum absolute atomic E-state index is 5.73. The second kappa shape index (κ2) is 3.95. The molecule has 3 heteroatoms. The smallest absolute Gasteiger partial charge is 0.0569 e. The Morgan fingerprint density at radius 3 is 2.46 bits per heavy atom. The van der Waals surface area contributed by atoms with Crippen LogP contribution >= 0.6 is 0 Å². The Morgan fingerprint density at radius 2 is 2.00 bits per heavy atom. The zero-order valence-corrected chi connectivity index (χ0v) is 8.22. The van der Waals surface area contributed by atoms with Gasteiger partial charge in [-0.25, -0.2) is 0 Å². The van der Waals surface area contributed by atoms with Gasteiger partial charge in [-0.1, -0.05) is 12.8 Å². The largest absolute Gasteiger partial charge is 0.380 e. The van der Waals surface area contributed by atoms with Crippen LogP contribution in [0, 0.1) is 5.41 Å². The lowest BCUT2D eigenvalue weighted by Crippen LogP contribution is -2.55. The van der Waals surface area contributed by atoms with Gasteiger partial charge < -0.3 is 15.8 Å². The van der Waals surface area contributed by atoms with Gasteiger partial charge in [0.15, 0.2) is 0 Å². The van der Waals surface area contributed by atoms with Crippen molar-refractivity contribution in [1.82, 2.24) is 5.32 Å². The SMILES string of the molecule is NCC1(CNC2CCCC2)COC1. The number of nitrogens with two attached hydrogens (primary N) is 1. The van der Waals surface area contributed by atoms with Crippen molar-refractivity contribution < 1.29 is 4.74 Å². The summed E-state index contributed by atoms with van der Waals surface area (Å²) in [6, 6.07) is 0.754. The summed E-state index contributed by atoms with van der Waals surface area (Å²) >= 11 is 0. The molecule has 1 aliphatic carbocycles. The van der Waals surface area contributed by atoms with Crippen LogP contribution in [0.25, 0.3) is 0 Å². The van der Waals surface area contributed by atoms with Crippen molar-refractivity contribution in [3.63, 3.8) is 0 Å². The van der Waals surface area contributed by atoms with E-state index in [9.17, 15) is 0 Å². The van der Waals surface area contributed by atoms with Crippen LogP contribution in [0.3, 0.4) is 0 Å². The van der Waals surface area contributed by atoms with Crippen LogP contribution in [0.1, 0.15) is 25.7 Å². The normalized spacial score (nSPS) is 27.5. The lowest BCUT2D eigenvalue weighted by molar-refractivity contribution is -0.105. The van der Waals surface area contributed by atoms with Gasteiger partial charge in [0.2, 0.25) is 0 Å². The minimum atomic E-state index is 0.266. The summed E-state index contributed by atoms with van der Waals surface area (Å²) in [4.78, 5) is 0. The molecule has 1 saturated carbocycles. The molecule has 0 radical (unpaired) electrons. The summed E-state index contributed by atoms with van der Waals surface area (Å²) in [6.07, 6.45) is 5.48. The molecule has 2 rings (SSSR count). The van der Waals surface area contributed by atoms with E-state index in [1.807, 2.05) is 0 Å². The first kappa shape index (κ1) is 9.44. The second-order valence-corrected chi connectivity index (χ2v) is 4.56. The molecule has 2 aliphatic rings. The van der Waals surface area contributed by atoms with E-state index in [0.29, 0.717) is 0 Å². The van der Waals surface area contributed by atoms with Gasteiger partial charge in [-0.15, -0.1) is 0 Å². The molecule has 1 aliphatic heterocycles. The van der Waals surface area contributed by atoms with E-state index in [4.69, 9.17) is 10.5 Å². The summed E-state index contributed by atoms with van der Waals surface area (Å²) in [6.45, 7) is 3.51. The van der Waals surface area contributed by atoms with Gasteiger partial charge in [0.05, 0.1) is 13.2 Å². The minimum Gasteiger partial charge on any atom is -0.380 e. The minimum absolute atomic E-state index is 0.266. The van der Waals surface area contributed by atoms with Gasteiger partial charge in [0.25, 0.3) is 0 Å². The Balaban J connectivity index is 1.71. The topological polar surface area (TPSA) is 47.3 Å². The van der Waals surface area contributed by atoms with Crippen LogP contribution in [-0.2, 0) is 4.74 Å². The second-order valence-electron chi connectivity index (χ2n) is 4.56. The van der Waals surface area contributed by atoms with Crippen molar-refractivity contribution in [3.8, 4) is 0 Å². The number of hydrogen-bond donors (Lipinski definition) is 2. The van der Waals surface area contributed by atoms with Crippen molar-refractivity contribution in [2.45, 2.75) is 31.7 Å². The first-order chi connectivity index (χ1) is 6.35.